The molecule has 3 rings (SSSR count). The third kappa shape index (κ3) is 2.00. The monoisotopic (exact) mass is 260 g/mol. The molecule has 2 atom stereocenters. The quantitative estimate of drug-likeness (QED) is 0.836. The van der Waals surface area contributed by atoms with Gasteiger partial charge in [0.15, 0.2) is 0 Å². The van der Waals surface area contributed by atoms with E-state index in [9.17, 15) is 9.90 Å². The molecule has 2 aliphatic rings. The molecular weight excluding hydrogens is 244 g/mol. The molecule has 0 spiro atoms. The zero-order chi connectivity index (χ0) is 13.6. The summed E-state index contributed by atoms with van der Waals surface area (Å²) in [5, 5.41) is 12.5. The normalized spacial score (nSPS) is 24.8. The van der Waals surface area contributed by atoms with Crippen LogP contribution in [0.15, 0.2) is 17.1 Å². The first-order chi connectivity index (χ1) is 9.06. The summed E-state index contributed by atoms with van der Waals surface area (Å²) < 4.78 is 5.34. The fourth-order valence-corrected chi connectivity index (χ4v) is 2.67. The summed E-state index contributed by atoms with van der Waals surface area (Å²) >= 11 is 0. The average molecular weight is 260 g/mol. The molecule has 0 aliphatic carbocycles. The van der Waals surface area contributed by atoms with Gasteiger partial charge < -0.3 is 15.2 Å². The minimum atomic E-state index is -0.902. The van der Waals surface area contributed by atoms with Gasteiger partial charge in [0.05, 0.1) is 30.9 Å². The molecule has 1 fully saturated rings. The van der Waals surface area contributed by atoms with Crippen LogP contribution in [0.1, 0.15) is 27.0 Å². The van der Waals surface area contributed by atoms with E-state index in [2.05, 4.69) is 10.3 Å². The molecule has 0 bridgehead atoms. The Hall–Kier alpha value is -1.88. The van der Waals surface area contributed by atoms with Crippen LogP contribution in [-0.2, 0) is 4.74 Å². The van der Waals surface area contributed by atoms with Crippen molar-refractivity contribution in [1.29, 1.82) is 0 Å². The Morgan fingerprint density at radius 1 is 1.37 bits per heavy atom. The zero-order valence-electron chi connectivity index (χ0n) is 10.9. The highest BCUT2D eigenvalue weighted by molar-refractivity contribution is 6.03. The van der Waals surface area contributed by atoms with Crippen molar-refractivity contribution in [2.24, 2.45) is 4.99 Å². The van der Waals surface area contributed by atoms with E-state index in [4.69, 9.17) is 4.74 Å². The van der Waals surface area contributed by atoms with Gasteiger partial charge in [0, 0.05) is 5.56 Å². The van der Waals surface area contributed by atoms with Gasteiger partial charge in [-0.2, -0.15) is 0 Å². The number of fused-ring (bicyclic) bond motifs is 1. The van der Waals surface area contributed by atoms with Crippen molar-refractivity contribution in [2.75, 3.05) is 13.2 Å². The molecule has 2 heterocycles. The van der Waals surface area contributed by atoms with Crippen LogP contribution in [0.2, 0.25) is 0 Å². The van der Waals surface area contributed by atoms with Gasteiger partial charge in [-0.05, 0) is 31.0 Å². The van der Waals surface area contributed by atoms with Crippen molar-refractivity contribution >= 4 is 11.8 Å². The Balaban J connectivity index is 2.01. The van der Waals surface area contributed by atoms with Gasteiger partial charge in [-0.1, -0.05) is 6.07 Å². The van der Waals surface area contributed by atoms with E-state index < -0.39 is 5.97 Å². The number of nitrogens with one attached hydrogen (secondary N) is 1. The number of hydrogen-bond donors (Lipinski definition) is 2. The summed E-state index contributed by atoms with van der Waals surface area (Å²) in [7, 11) is 0. The number of carboxylic acids is 1. The molecule has 2 aliphatic heterocycles. The van der Waals surface area contributed by atoms with E-state index in [1.54, 1.807) is 6.07 Å². The maximum atomic E-state index is 11.2. The predicted molar refractivity (Wildman–Crippen MR) is 70.9 cm³/mol. The van der Waals surface area contributed by atoms with Crippen LogP contribution in [0, 0.1) is 13.8 Å². The van der Waals surface area contributed by atoms with Crippen LogP contribution in [-0.4, -0.2) is 42.2 Å². The number of carboxylic acid groups (broad SMARTS) is 1. The average Bonchev–Trinajstić information content (AvgIpc) is 2.88. The first-order valence-corrected chi connectivity index (χ1v) is 6.33. The zero-order valence-corrected chi connectivity index (χ0v) is 10.9. The number of hydrogen-bond acceptors (Lipinski definition) is 4. The Bertz CT molecular complexity index is 580. The highest BCUT2D eigenvalue weighted by Crippen LogP contribution is 2.22. The lowest BCUT2D eigenvalue weighted by Crippen LogP contribution is -2.34. The van der Waals surface area contributed by atoms with Crippen LogP contribution in [0.3, 0.4) is 0 Å². The fourth-order valence-electron chi connectivity index (χ4n) is 2.67. The first-order valence-electron chi connectivity index (χ1n) is 6.33. The minimum Gasteiger partial charge on any atom is -0.478 e. The lowest BCUT2D eigenvalue weighted by Gasteiger charge is -2.12. The molecule has 1 saturated heterocycles. The third-order valence-electron chi connectivity index (χ3n) is 3.72. The van der Waals surface area contributed by atoms with Crippen molar-refractivity contribution in [3.05, 3.63) is 34.4 Å². The molecule has 2 unspecified atom stereocenters. The summed E-state index contributed by atoms with van der Waals surface area (Å²) in [4.78, 5) is 15.8. The second-order valence-corrected chi connectivity index (χ2v) is 5.12. The van der Waals surface area contributed by atoms with Gasteiger partial charge in [0.2, 0.25) is 0 Å². The highest BCUT2D eigenvalue weighted by Gasteiger charge is 2.34. The van der Waals surface area contributed by atoms with E-state index >= 15 is 0 Å². The van der Waals surface area contributed by atoms with Crippen LogP contribution in [0.25, 0.3) is 0 Å². The summed E-state index contributed by atoms with van der Waals surface area (Å²) in [6.07, 6.45) is 0. The topological polar surface area (TPSA) is 70.9 Å². The smallest absolute Gasteiger partial charge is 0.335 e. The Morgan fingerprint density at radius 2 is 2.16 bits per heavy atom. The number of aliphatic imine (C=N–C) groups is 1. The Kier molecular flexibility index (Phi) is 2.78. The number of aromatic carboxylic acids is 1. The van der Waals surface area contributed by atoms with Crippen molar-refractivity contribution in [3.63, 3.8) is 0 Å². The molecule has 1 aromatic rings. The van der Waals surface area contributed by atoms with E-state index in [0.717, 1.165) is 22.5 Å². The number of ether oxygens (including phenoxy) is 1. The predicted octanol–water partition coefficient (Wildman–Crippen LogP) is 1.12. The van der Waals surface area contributed by atoms with Crippen molar-refractivity contribution in [2.45, 2.75) is 25.9 Å². The molecular formula is C14H16N2O3. The molecule has 0 aromatic heterocycles. The maximum Gasteiger partial charge on any atom is 0.335 e. The van der Waals surface area contributed by atoms with Gasteiger partial charge in [0.1, 0.15) is 5.84 Å². The number of benzene rings is 1. The van der Waals surface area contributed by atoms with Crippen molar-refractivity contribution in [1.82, 2.24) is 5.32 Å². The molecule has 5 nitrogen and oxygen atoms in total. The number of rotatable bonds is 2. The number of aryl methyl sites for hydroxylation is 2. The summed E-state index contributed by atoms with van der Waals surface area (Å²) in [6, 6.07) is 3.99. The number of carbonyl (C=O) groups is 1. The highest BCUT2D eigenvalue weighted by atomic mass is 16.5. The van der Waals surface area contributed by atoms with Gasteiger partial charge in [-0.15, -0.1) is 0 Å². The molecule has 1 aromatic carbocycles. The van der Waals surface area contributed by atoms with Crippen LogP contribution >= 0.6 is 0 Å². The van der Waals surface area contributed by atoms with Crippen molar-refractivity contribution in [3.8, 4) is 0 Å². The largest absolute Gasteiger partial charge is 0.478 e. The number of amidine groups is 1. The maximum absolute atomic E-state index is 11.2. The fraction of sp³-hybridized carbons (Fsp3) is 0.429. The molecule has 0 saturated carbocycles. The summed E-state index contributed by atoms with van der Waals surface area (Å²) in [6.45, 7) is 5.09. The van der Waals surface area contributed by atoms with Gasteiger partial charge in [-0.25, -0.2) is 4.79 Å². The lowest BCUT2D eigenvalue weighted by atomic mass is 9.99. The lowest BCUT2D eigenvalue weighted by molar-refractivity contribution is 0.0696. The van der Waals surface area contributed by atoms with Gasteiger partial charge in [-0.3, -0.25) is 4.99 Å². The Labute approximate surface area is 111 Å². The van der Waals surface area contributed by atoms with Crippen molar-refractivity contribution < 1.29 is 14.6 Å². The SMILES string of the molecule is Cc1cc(C)c(C2=NC3COCC3N2)cc1C(=O)O. The van der Waals surface area contributed by atoms with Crippen LogP contribution < -0.4 is 5.32 Å². The van der Waals surface area contributed by atoms with E-state index in [1.165, 1.54) is 0 Å². The second-order valence-electron chi connectivity index (χ2n) is 5.12. The van der Waals surface area contributed by atoms with E-state index in [0.29, 0.717) is 18.8 Å². The van der Waals surface area contributed by atoms with Gasteiger partial charge in [0.25, 0.3) is 0 Å². The van der Waals surface area contributed by atoms with E-state index in [-0.39, 0.29) is 12.1 Å². The summed E-state index contributed by atoms with van der Waals surface area (Å²) in [5.41, 5.74) is 3.02. The molecule has 0 amide bonds. The molecule has 19 heavy (non-hydrogen) atoms. The molecule has 2 N–H and O–H groups in total. The van der Waals surface area contributed by atoms with E-state index in [1.807, 2.05) is 19.9 Å². The molecule has 5 heteroatoms. The first kappa shape index (κ1) is 12.2. The Morgan fingerprint density at radius 3 is 2.84 bits per heavy atom. The standard InChI is InChI=1S/C14H16N2O3/c1-7-3-8(2)10(14(17)18)4-9(7)13-15-11-5-19-6-12(11)16-13/h3-4,11-12H,5-6H2,1-2H3,(H,15,16)(H,17,18). The van der Waals surface area contributed by atoms with Gasteiger partial charge >= 0.3 is 5.97 Å². The minimum absolute atomic E-state index is 0.156. The van der Waals surface area contributed by atoms with Crippen LogP contribution in [0.4, 0.5) is 0 Å². The summed E-state index contributed by atoms with van der Waals surface area (Å²) in [5.74, 6) is -0.112. The van der Waals surface area contributed by atoms with Crippen LogP contribution in [0.5, 0.6) is 0 Å². The second kappa shape index (κ2) is 4.35. The molecule has 0 radical (unpaired) electrons. The molecule has 100 valence electrons. The third-order valence-corrected chi connectivity index (χ3v) is 3.72. The number of nitrogens with zero attached hydrogens (tertiary/aromatic N) is 1.